The number of alkyl halides is 1. The van der Waals surface area contributed by atoms with E-state index in [-0.39, 0.29) is 35.8 Å². The molecule has 0 amide bonds. The van der Waals surface area contributed by atoms with E-state index in [1.165, 1.54) is 0 Å². The fourth-order valence-electron chi connectivity index (χ4n) is 2.15. The standard InChI is InChI=1S/C15H14BrF2NO6S/c1-7(20)24-15-12(21)13(8-4-9(17)6-10(18)5-8)25-14(15)11(16)2-3-19-26(22)23/h4-6,11,19,21H,2-3H2,1H3,(H,22,23)/p-1. The number of ether oxygens (including phenoxy) is 1. The maximum Gasteiger partial charge on any atom is 0.308 e. The van der Waals surface area contributed by atoms with Crippen LogP contribution in [0.2, 0.25) is 0 Å². The SMILES string of the molecule is CC(=O)Oc1c(C(Br)CCNS(=O)[O-])oc(-c2cc(F)cc(F)c2)c1O. The molecular weight excluding hydrogens is 440 g/mol. The van der Waals surface area contributed by atoms with Crippen molar-refractivity contribution < 1.29 is 36.6 Å². The van der Waals surface area contributed by atoms with Crippen molar-refractivity contribution in [1.29, 1.82) is 0 Å². The minimum Gasteiger partial charge on any atom is -0.760 e. The predicted octanol–water partition coefficient (Wildman–Crippen LogP) is 3.07. The van der Waals surface area contributed by atoms with E-state index in [0.717, 1.165) is 19.1 Å². The molecule has 0 aliphatic carbocycles. The number of esters is 1. The van der Waals surface area contributed by atoms with E-state index in [1.807, 2.05) is 0 Å². The summed E-state index contributed by atoms with van der Waals surface area (Å²) in [4.78, 5) is 10.6. The van der Waals surface area contributed by atoms with Crippen LogP contribution in [-0.2, 0) is 16.1 Å². The van der Waals surface area contributed by atoms with Gasteiger partial charge >= 0.3 is 5.97 Å². The lowest BCUT2D eigenvalue weighted by molar-refractivity contribution is -0.132. The van der Waals surface area contributed by atoms with Gasteiger partial charge in [0.1, 0.15) is 11.6 Å². The Morgan fingerprint density at radius 1 is 1.42 bits per heavy atom. The number of benzene rings is 1. The van der Waals surface area contributed by atoms with Gasteiger partial charge in [0.15, 0.2) is 11.5 Å². The summed E-state index contributed by atoms with van der Waals surface area (Å²) in [6.07, 6.45) is 0.173. The van der Waals surface area contributed by atoms with Gasteiger partial charge in [-0.1, -0.05) is 15.9 Å². The number of furan rings is 1. The molecule has 7 nitrogen and oxygen atoms in total. The Hall–Kier alpha value is -1.82. The average Bonchev–Trinajstić information content (AvgIpc) is 2.82. The van der Waals surface area contributed by atoms with Crippen molar-refractivity contribution in [2.24, 2.45) is 0 Å². The van der Waals surface area contributed by atoms with E-state index in [4.69, 9.17) is 9.15 Å². The van der Waals surface area contributed by atoms with E-state index < -0.39 is 39.4 Å². The molecule has 2 N–H and O–H groups in total. The zero-order valence-corrected chi connectivity index (χ0v) is 15.7. The molecule has 1 aromatic carbocycles. The third kappa shape index (κ3) is 5.10. The van der Waals surface area contributed by atoms with Gasteiger partial charge in [-0.25, -0.2) is 13.5 Å². The Morgan fingerprint density at radius 2 is 2.04 bits per heavy atom. The molecule has 2 atom stereocenters. The van der Waals surface area contributed by atoms with Crippen LogP contribution >= 0.6 is 15.9 Å². The van der Waals surface area contributed by atoms with Crippen LogP contribution in [0, 0.1) is 11.6 Å². The molecule has 0 fully saturated rings. The van der Waals surface area contributed by atoms with Gasteiger partial charge in [0.25, 0.3) is 0 Å². The van der Waals surface area contributed by atoms with Crippen LogP contribution < -0.4 is 9.46 Å². The second kappa shape index (κ2) is 8.71. The van der Waals surface area contributed by atoms with Gasteiger partial charge in [0, 0.05) is 36.4 Å². The number of carbonyl (C=O) groups is 1. The van der Waals surface area contributed by atoms with Crippen molar-refractivity contribution in [2.75, 3.05) is 6.54 Å². The van der Waals surface area contributed by atoms with Crippen LogP contribution in [0.4, 0.5) is 8.78 Å². The zero-order valence-electron chi connectivity index (χ0n) is 13.3. The quantitative estimate of drug-likeness (QED) is 0.379. The minimum absolute atomic E-state index is 0.0247. The van der Waals surface area contributed by atoms with Crippen LogP contribution in [0.3, 0.4) is 0 Å². The number of aromatic hydroxyl groups is 1. The molecule has 0 bridgehead atoms. The summed E-state index contributed by atoms with van der Waals surface area (Å²) < 4.78 is 60.5. The highest BCUT2D eigenvalue weighted by Gasteiger charge is 2.28. The highest BCUT2D eigenvalue weighted by atomic mass is 79.9. The zero-order chi connectivity index (χ0) is 19.4. The van der Waals surface area contributed by atoms with Crippen molar-refractivity contribution in [2.45, 2.75) is 18.2 Å². The number of rotatable bonds is 7. The Morgan fingerprint density at radius 3 is 2.58 bits per heavy atom. The van der Waals surface area contributed by atoms with E-state index in [1.54, 1.807) is 0 Å². The first-order chi connectivity index (χ1) is 12.2. The minimum atomic E-state index is -2.46. The smallest absolute Gasteiger partial charge is 0.308 e. The maximum absolute atomic E-state index is 13.4. The first-order valence-electron chi connectivity index (χ1n) is 7.16. The molecule has 0 spiro atoms. The summed E-state index contributed by atoms with van der Waals surface area (Å²) in [5.74, 6) is -3.77. The third-order valence-corrected chi connectivity index (χ3v) is 4.45. The molecular formula is C15H13BrF2NO6S-. The van der Waals surface area contributed by atoms with Crippen molar-refractivity contribution >= 4 is 33.2 Å². The topological polar surface area (TPSA) is 112 Å². The van der Waals surface area contributed by atoms with Crippen molar-refractivity contribution in [3.05, 3.63) is 35.6 Å². The second-order valence-corrected chi connectivity index (χ2v) is 6.97. The molecule has 0 aliphatic rings. The van der Waals surface area contributed by atoms with E-state index in [0.29, 0.717) is 6.07 Å². The monoisotopic (exact) mass is 452 g/mol. The first-order valence-corrected chi connectivity index (χ1v) is 9.15. The Balaban J connectivity index is 2.43. The van der Waals surface area contributed by atoms with Crippen LogP contribution in [0.1, 0.15) is 23.9 Å². The van der Waals surface area contributed by atoms with Crippen LogP contribution in [-0.4, -0.2) is 26.4 Å². The molecule has 1 heterocycles. The Kier molecular flexibility index (Phi) is 6.87. The van der Waals surface area contributed by atoms with Gasteiger partial charge in [-0.3, -0.25) is 9.00 Å². The summed E-state index contributed by atoms with van der Waals surface area (Å²) in [5, 5.41) is 10.3. The molecule has 26 heavy (non-hydrogen) atoms. The molecule has 0 radical (unpaired) electrons. The van der Waals surface area contributed by atoms with Gasteiger partial charge in [0.2, 0.25) is 11.5 Å². The number of hydrogen-bond donors (Lipinski definition) is 2. The highest BCUT2D eigenvalue weighted by molar-refractivity contribution is 9.09. The summed E-state index contributed by atoms with van der Waals surface area (Å²) in [7, 11) is 0. The van der Waals surface area contributed by atoms with Gasteiger partial charge in [0.05, 0.1) is 4.83 Å². The van der Waals surface area contributed by atoms with E-state index in [9.17, 15) is 27.4 Å². The highest BCUT2D eigenvalue weighted by Crippen LogP contribution is 2.48. The number of nitrogens with one attached hydrogen (secondary N) is 1. The molecule has 2 rings (SSSR count). The predicted molar refractivity (Wildman–Crippen MR) is 90.2 cm³/mol. The molecule has 142 valence electrons. The van der Waals surface area contributed by atoms with Gasteiger partial charge in [-0.05, 0) is 18.6 Å². The molecule has 0 aliphatic heterocycles. The lowest BCUT2D eigenvalue weighted by Crippen LogP contribution is -2.18. The number of halogens is 3. The molecule has 0 saturated carbocycles. The number of carbonyl (C=O) groups excluding carboxylic acids is 1. The summed E-state index contributed by atoms with van der Waals surface area (Å²) in [6.45, 7) is 1.13. The second-order valence-electron chi connectivity index (χ2n) is 5.11. The maximum atomic E-state index is 13.4. The molecule has 2 aromatic rings. The molecule has 0 saturated heterocycles. The molecule has 2 unspecified atom stereocenters. The number of hydrogen-bond acceptors (Lipinski definition) is 6. The van der Waals surface area contributed by atoms with Gasteiger partial charge < -0.3 is 18.8 Å². The summed E-state index contributed by atoms with van der Waals surface area (Å²) >= 11 is 0.784. The lowest BCUT2D eigenvalue weighted by Gasteiger charge is -2.11. The fourth-order valence-corrected chi connectivity index (χ4v) is 2.97. The fraction of sp³-hybridized carbons (Fsp3) is 0.267. The normalized spacial score (nSPS) is 13.4. The van der Waals surface area contributed by atoms with Crippen LogP contribution in [0.5, 0.6) is 11.5 Å². The third-order valence-electron chi connectivity index (χ3n) is 3.14. The molecule has 11 heteroatoms. The Bertz CT molecular complexity index is 824. The summed E-state index contributed by atoms with van der Waals surface area (Å²) in [6, 6.07) is 2.53. The van der Waals surface area contributed by atoms with Crippen molar-refractivity contribution in [3.8, 4) is 22.8 Å². The largest absolute Gasteiger partial charge is 0.760 e. The average molecular weight is 453 g/mol. The Labute approximate surface area is 157 Å². The van der Waals surface area contributed by atoms with Crippen molar-refractivity contribution in [3.63, 3.8) is 0 Å². The first kappa shape index (κ1) is 20.5. The lowest BCUT2D eigenvalue weighted by atomic mass is 10.1. The van der Waals surface area contributed by atoms with E-state index >= 15 is 0 Å². The van der Waals surface area contributed by atoms with Crippen LogP contribution in [0.25, 0.3) is 11.3 Å². The van der Waals surface area contributed by atoms with Crippen LogP contribution in [0.15, 0.2) is 22.6 Å². The van der Waals surface area contributed by atoms with Gasteiger partial charge in [-0.15, -0.1) is 0 Å². The molecule has 1 aromatic heterocycles. The summed E-state index contributed by atoms with van der Waals surface area (Å²) in [5.41, 5.74) is -0.0989. The van der Waals surface area contributed by atoms with Gasteiger partial charge in [-0.2, -0.15) is 0 Å². The van der Waals surface area contributed by atoms with Crippen molar-refractivity contribution in [1.82, 2.24) is 4.72 Å². The van der Waals surface area contributed by atoms with E-state index in [2.05, 4.69) is 20.7 Å².